The molecule has 146 valence electrons. The Bertz CT molecular complexity index is 1280. The van der Waals surface area contributed by atoms with Crippen LogP contribution in [-0.2, 0) is 0 Å². The fraction of sp³-hybridized carbons (Fsp3) is 0.0526. The van der Waals surface area contributed by atoms with Gasteiger partial charge in [-0.15, -0.1) is 10.2 Å². The van der Waals surface area contributed by atoms with Gasteiger partial charge in [-0.1, -0.05) is 34.5 Å². The first-order valence-corrected chi connectivity index (χ1v) is 11.0. The van der Waals surface area contributed by atoms with E-state index in [1.54, 1.807) is 18.2 Å². The molecule has 0 unspecified atom stereocenters. The summed E-state index contributed by atoms with van der Waals surface area (Å²) in [5.74, 6) is 0. The largest absolute Gasteiger partial charge is 0.295 e. The first-order valence-electron chi connectivity index (χ1n) is 8.33. The zero-order valence-electron chi connectivity index (χ0n) is 14.9. The smallest absolute Gasteiger partial charge is 0.280 e. The van der Waals surface area contributed by atoms with Gasteiger partial charge < -0.3 is 0 Å². The normalized spacial score (nSPS) is 11.4. The molecule has 2 aromatic heterocycles. The number of nitrogens with zero attached hydrogens (tertiary/aromatic N) is 4. The maximum atomic E-state index is 12.8. The summed E-state index contributed by atoms with van der Waals surface area (Å²) in [6, 6.07) is 12.8. The highest BCUT2D eigenvalue weighted by atomic mass is 127. The van der Waals surface area contributed by atoms with Crippen molar-refractivity contribution in [2.24, 2.45) is 4.99 Å². The molecule has 0 aliphatic heterocycles. The Balaban J connectivity index is 1.63. The van der Waals surface area contributed by atoms with Gasteiger partial charge in [0.15, 0.2) is 5.01 Å². The predicted molar refractivity (Wildman–Crippen MR) is 126 cm³/mol. The maximum Gasteiger partial charge on any atom is 0.280 e. The number of aromatic nitrogens is 4. The third kappa shape index (κ3) is 4.30. The summed E-state index contributed by atoms with van der Waals surface area (Å²) in [7, 11) is 0. The van der Waals surface area contributed by atoms with Crippen molar-refractivity contribution in [3.05, 3.63) is 77.7 Å². The fourth-order valence-electron chi connectivity index (χ4n) is 2.64. The SMILES string of the molecule is Cc1[nH]n(-c2ccc(I)cc2)c(=O)c1/C=N/c1nnc(-c2ccc(Cl)cc2Cl)s1. The Morgan fingerprint density at radius 1 is 1.17 bits per heavy atom. The number of aryl methyl sites for hydroxylation is 1. The van der Waals surface area contributed by atoms with Crippen LogP contribution >= 0.6 is 57.1 Å². The van der Waals surface area contributed by atoms with Crippen molar-refractivity contribution in [1.82, 2.24) is 20.0 Å². The van der Waals surface area contributed by atoms with Gasteiger partial charge in [0.2, 0.25) is 5.13 Å². The Morgan fingerprint density at radius 2 is 1.93 bits per heavy atom. The minimum absolute atomic E-state index is 0.182. The summed E-state index contributed by atoms with van der Waals surface area (Å²) >= 11 is 15.7. The summed E-state index contributed by atoms with van der Waals surface area (Å²) in [5, 5.41) is 13.4. The minimum atomic E-state index is -0.182. The average Bonchev–Trinajstić information content (AvgIpc) is 3.26. The van der Waals surface area contributed by atoms with Crippen molar-refractivity contribution in [3.8, 4) is 16.3 Å². The van der Waals surface area contributed by atoms with Gasteiger partial charge in [0.1, 0.15) is 0 Å². The molecule has 10 heteroatoms. The van der Waals surface area contributed by atoms with Gasteiger partial charge in [0.25, 0.3) is 5.56 Å². The molecular formula is C19H12Cl2IN5OS. The molecule has 6 nitrogen and oxygen atoms in total. The van der Waals surface area contributed by atoms with E-state index in [1.165, 1.54) is 22.2 Å². The zero-order chi connectivity index (χ0) is 20.5. The second-order valence-electron chi connectivity index (χ2n) is 6.04. The van der Waals surface area contributed by atoms with E-state index in [0.717, 1.165) is 14.8 Å². The summed E-state index contributed by atoms with van der Waals surface area (Å²) in [4.78, 5) is 17.1. The molecular weight excluding hydrogens is 544 g/mol. The van der Waals surface area contributed by atoms with E-state index in [-0.39, 0.29) is 5.56 Å². The van der Waals surface area contributed by atoms with Crippen LogP contribution < -0.4 is 5.56 Å². The predicted octanol–water partition coefficient (Wildman–Crippen LogP) is 5.65. The molecule has 4 rings (SSSR count). The van der Waals surface area contributed by atoms with Crippen LogP contribution in [-0.4, -0.2) is 26.2 Å². The fourth-order valence-corrected chi connectivity index (χ4v) is 4.29. The molecule has 0 spiro atoms. The first kappa shape index (κ1) is 20.3. The lowest BCUT2D eigenvalue weighted by molar-refractivity contribution is 0.835. The quantitative estimate of drug-likeness (QED) is 0.261. The van der Waals surface area contributed by atoms with E-state index in [1.807, 2.05) is 31.2 Å². The number of aromatic amines is 1. The second kappa shape index (κ2) is 8.39. The van der Waals surface area contributed by atoms with E-state index in [2.05, 4.69) is 42.9 Å². The topological polar surface area (TPSA) is 75.9 Å². The number of H-pyrrole nitrogens is 1. The van der Waals surface area contributed by atoms with Crippen LogP contribution in [0.5, 0.6) is 0 Å². The van der Waals surface area contributed by atoms with Crippen molar-refractivity contribution < 1.29 is 0 Å². The Morgan fingerprint density at radius 3 is 2.66 bits per heavy atom. The third-order valence-corrected chi connectivity index (χ3v) is 6.21. The number of aliphatic imine (C=N–C) groups is 1. The molecule has 0 aliphatic carbocycles. The van der Waals surface area contributed by atoms with E-state index < -0.39 is 0 Å². The maximum absolute atomic E-state index is 12.8. The van der Waals surface area contributed by atoms with Gasteiger partial charge in [0, 0.05) is 26.1 Å². The zero-order valence-corrected chi connectivity index (χ0v) is 19.3. The molecule has 0 aliphatic rings. The lowest BCUT2D eigenvalue weighted by atomic mass is 10.2. The van der Waals surface area contributed by atoms with E-state index in [0.29, 0.717) is 31.4 Å². The molecule has 0 radical (unpaired) electrons. The Hall–Kier alpha value is -2.01. The van der Waals surface area contributed by atoms with Gasteiger partial charge in [-0.05, 0) is 72.0 Å². The van der Waals surface area contributed by atoms with Crippen molar-refractivity contribution in [2.75, 3.05) is 0 Å². The first-order chi connectivity index (χ1) is 13.9. The van der Waals surface area contributed by atoms with Crippen LogP contribution in [0.2, 0.25) is 10.0 Å². The standard InChI is InChI=1S/C19H12Cl2IN5OS/c1-10-15(18(28)27(26-10)13-5-3-12(22)4-6-13)9-23-19-25-24-17(29-19)14-7-2-11(20)8-16(14)21/h2-9,26H,1H3/b23-9+. The van der Waals surface area contributed by atoms with Crippen LogP contribution in [0.1, 0.15) is 11.3 Å². The van der Waals surface area contributed by atoms with Gasteiger partial charge in [0.05, 0.1) is 16.3 Å². The monoisotopic (exact) mass is 555 g/mol. The molecule has 0 saturated carbocycles. The van der Waals surface area contributed by atoms with Crippen molar-refractivity contribution >= 4 is 68.5 Å². The summed E-state index contributed by atoms with van der Waals surface area (Å²) < 4.78 is 2.59. The second-order valence-corrected chi connectivity index (χ2v) is 9.08. The molecule has 2 heterocycles. The third-order valence-electron chi connectivity index (χ3n) is 4.08. The minimum Gasteiger partial charge on any atom is -0.295 e. The summed E-state index contributed by atoms with van der Waals surface area (Å²) in [6.07, 6.45) is 1.51. The molecule has 0 amide bonds. The molecule has 0 saturated heterocycles. The van der Waals surface area contributed by atoms with Gasteiger partial charge in [-0.2, -0.15) is 0 Å². The summed E-state index contributed by atoms with van der Waals surface area (Å²) in [6.45, 7) is 1.82. The van der Waals surface area contributed by atoms with Gasteiger partial charge in [-0.3, -0.25) is 9.89 Å². The van der Waals surface area contributed by atoms with Crippen LogP contribution in [0.4, 0.5) is 5.13 Å². The highest BCUT2D eigenvalue weighted by Crippen LogP contribution is 2.34. The van der Waals surface area contributed by atoms with E-state index in [4.69, 9.17) is 23.2 Å². The number of nitrogens with one attached hydrogen (secondary N) is 1. The lowest BCUT2D eigenvalue weighted by Gasteiger charge is -2.00. The van der Waals surface area contributed by atoms with Crippen molar-refractivity contribution in [2.45, 2.75) is 6.92 Å². The van der Waals surface area contributed by atoms with Gasteiger partial charge >= 0.3 is 0 Å². The molecule has 0 atom stereocenters. The molecule has 0 bridgehead atoms. The van der Waals surface area contributed by atoms with Crippen LogP contribution in [0, 0.1) is 10.5 Å². The van der Waals surface area contributed by atoms with Crippen molar-refractivity contribution in [3.63, 3.8) is 0 Å². The number of hydrogen-bond donors (Lipinski definition) is 1. The average molecular weight is 556 g/mol. The summed E-state index contributed by atoms with van der Waals surface area (Å²) in [5.41, 5.74) is 2.48. The van der Waals surface area contributed by atoms with Crippen LogP contribution in [0.15, 0.2) is 52.3 Å². The molecule has 1 N–H and O–H groups in total. The molecule has 2 aromatic carbocycles. The number of halogens is 3. The van der Waals surface area contributed by atoms with Gasteiger partial charge in [-0.25, -0.2) is 9.67 Å². The highest BCUT2D eigenvalue weighted by Gasteiger charge is 2.13. The van der Waals surface area contributed by atoms with Crippen LogP contribution in [0.3, 0.4) is 0 Å². The Kier molecular flexibility index (Phi) is 5.86. The van der Waals surface area contributed by atoms with E-state index in [9.17, 15) is 4.79 Å². The highest BCUT2D eigenvalue weighted by molar-refractivity contribution is 14.1. The lowest BCUT2D eigenvalue weighted by Crippen LogP contribution is -2.17. The molecule has 29 heavy (non-hydrogen) atoms. The molecule has 0 fully saturated rings. The van der Waals surface area contributed by atoms with E-state index >= 15 is 0 Å². The molecule has 4 aromatic rings. The Labute approximate surface area is 193 Å². The number of rotatable bonds is 4. The number of benzene rings is 2. The van der Waals surface area contributed by atoms with Crippen LogP contribution in [0.25, 0.3) is 16.3 Å². The van der Waals surface area contributed by atoms with Crippen molar-refractivity contribution in [1.29, 1.82) is 0 Å². The number of hydrogen-bond acceptors (Lipinski definition) is 5.